The minimum atomic E-state index is -0.109. The van der Waals surface area contributed by atoms with E-state index in [1.165, 1.54) is 0 Å². The van der Waals surface area contributed by atoms with Crippen LogP contribution in [0.2, 0.25) is 0 Å². The van der Waals surface area contributed by atoms with Gasteiger partial charge in [-0.1, -0.05) is 0 Å². The van der Waals surface area contributed by atoms with Crippen molar-refractivity contribution < 1.29 is 21.1 Å². The van der Waals surface area contributed by atoms with Gasteiger partial charge in [0.25, 0.3) is 0 Å². The number of rotatable bonds is 0. The molecule has 0 saturated heterocycles. The van der Waals surface area contributed by atoms with Crippen LogP contribution in [0.4, 0.5) is 0 Å². The van der Waals surface area contributed by atoms with Gasteiger partial charge in [-0.05, 0) is 0 Å². The molecule has 0 rings (SSSR count). The molecule has 17 heavy (non-hydrogen) atoms. The topological polar surface area (TPSA) is 95.2 Å². The third-order valence-electron chi connectivity index (χ3n) is 0.819. The number of nitriles is 4. The Morgan fingerprint density at radius 2 is 0.647 bits per heavy atom. The first-order valence-corrected chi connectivity index (χ1v) is 4.84. The number of allylic oxidation sites excluding steroid dienone is 4. The summed E-state index contributed by atoms with van der Waals surface area (Å²) in [7, 11) is 0. The monoisotopic (exact) mass is 475 g/mol. The van der Waals surface area contributed by atoms with Crippen LogP contribution in [0.5, 0.6) is 0 Å². The van der Waals surface area contributed by atoms with Crippen LogP contribution in [-0.2, 0) is 71.6 Å². The molecule has 0 bridgehead atoms. The summed E-state index contributed by atoms with van der Waals surface area (Å²) in [5.74, 6) is 0. The second-order valence-electron chi connectivity index (χ2n) is 1.76. The Balaban J connectivity index is -0.000000218. The maximum Gasteiger partial charge on any atom is 0.0694 e. The Bertz CT molecular complexity index is 394. The third-order valence-corrected chi connectivity index (χ3v) is 2.26. The molecule has 0 amide bonds. The third kappa shape index (κ3) is 11.3. The fourth-order valence-corrected chi connectivity index (χ4v) is 0.386. The van der Waals surface area contributed by atoms with Crippen LogP contribution in [0.25, 0.3) is 0 Å². The molecule has 0 aromatic rings. The van der Waals surface area contributed by atoms with Crippen molar-refractivity contribution in [2.45, 2.75) is 0 Å². The fourth-order valence-electron chi connectivity index (χ4n) is 0.203. The molecule has 4 nitrogen and oxygen atoms in total. The van der Waals surface area contributed by atoms with Crippen molar-refractivity contribution in [1.29, 1.82) is 21.0 Å². The number of hydrogen-bond acceptors (Lipinski definition) is 8. The molecule has 0 aliphatic rings. The Hall–Kier alpha value is -0.992. The average molecular weight is 475 g/mol. The zero-order valence-corrected chi connectivity index (χ0v) is 13.3. The molecule has 0 unspecified atom stereocenters. The van der Waals surface area contributed by atoms with E-state index in [2.05, 4.69) is 50.5 Å². The van der Waals surface area contributed by atoms with Crippen LogP contribution in [0.1, 0.15) is 0 Å². The van der Waals surface area contributed by atoms with Gasteiger partial charge in [-0.2, -0.15) is 21.0 Å². The smallest absolute Gasteiger partial charge is 0.0694 e. The first-order valence-electron chi connectivity index (χ1n) is 3.21. The molecule has 0 atom stereocenters. The SMILES string of the molecule is N#CC([S-])=C([S-])C#N.N#CC([S-])=C([S-])C#N.[Pt]. The molecule has 0 aliphatic heterocycles. The van der Waals surface area contributed by atoms with Crippen molar-refractivity contribution in [3.8, 4) is 24.3 Å². The van der Waals surface area contributed by atoms with Crippen LogP contribution in [0.15, 0.2) is 19.6 Å². The number of hydrogen-bond donors (Lipinski definition) is 0. The van der Waals surface area contributed by atoms with Crippen molar-refractivity contribution in [3.63, 3.8) is 0 Å². The van der Waals surface area contributed by atoms with Gasteiger partial charge >= 0.3 is 0 Å². The molecule has 0 aromatic heterocycles. The Morgan fingerprint density at radius 1 is 0.529 bits per heavy atom. The van der Waals surface area contributed by atoms with Gasteiger partial charge in [0.15, 0.2) is 0 Å². The molecule has 0 saturated carbocycles. The quantitative estimate of drug-likeness (QED) is 0.373. The van der Waals surface area contributed by atoms with Crippen LogP contribution in [-0.4, -0.2) is 0 Å². The molecular weight excluding hydrogens is 475 g/mol. The van der Waals surface area contributed by atoms with Gasteiger partial charge in [-0.3, -0.25) is 0 Å². The van der Waals surface area contributed by atoms with E-state index in [1.54, 1.807) is 24.3 Å². The van der Waals surface area contributed by atoms with E-state index in [0.717, 1.165) is 0 Å². The molecule has 0 radical (unpaired) electrons. The summed E-state index contributed by atoms with van der Waals surface area (Å²) in [6.07, 6.45) is 0. The molecule has 0 heterocycles. The second-order valence-corrected chi connectivity index (χ2v) is 3.40. The van der Waals surface area contributed by atoms with E-state index in [1.807, 2.05) is 0 Å². The molecule has 0 N–H and O–H groups in total. The molecule has 0 aromatic carbocycles. The van der Waals surface area contributed by atoms with E-state index in [-0.39, 0.29) is 40.7 Å². The van der Waals surface area contributed by atoms with Crippen LogP contribution >= 0.6 is 0 Å². The minimum Gasteiger partial charge on any atom is -0.770 e. The summed E-state index contributed by atoms with van der Waals surface area (Å²) < 4.78 is 0. The van der Waals surface area contributed by atoms with Crippen molar-refractivity contribution in [2.75, 3.05) is 0 Å². The fraction of sp³-hybridized carbons (Fsp3) is 0. The maximum absolute atomic E-state index is 8.01. The van der Waals surface area contributed by atoms with Gasteiger partial charge in [0.1, 0.15) is 0 Å². The molecular formula is C8N4PtS4-4. The van der Waals surface area contributed by atoms with Gasteiger partial charge < -0.3 is 50.5 Å². The number of nitrogens with zero attached hydrogens (tertiary/aromatic N) is 4. The Labute approximate surface area is 135 Å². The summed E-state index contributed by atoms with van der Waals surface area (Å²) >= 11 is 17.4. The van der Waals surface area contributed by atoms with Crippen molar-refractivity contribution in [1.82, 2.24) is 0 Å². The van der Waals surface area contributed by atoms with Crippen molar-refractivity contribution in [3.05, 3.63) is 19.6 Å². The van der Waals surface area contributed by atoms with E-state index in [4.69, 9.17) is 21.0 Å². The van der Waals surface area contributed by atoms with E-state index < -0.39 is 0 Å². The predicted molar refractivity (Wildman–Crippen MR) is 66.0 cm³/mol. The van der Waals surface area contributed by atoms with Gasteiger partial charge in [0.2, 0.25) is 0 Å². The summed E-state index contributed by atoms with van der Waals surface area (Å²) in [6, 6.07) is 6.33. The first kappa shape index (κ1) is 21.3. The van der Waals surface area contributed by atoms with Gasteiger partial charge in [0, 0.05) is 21.1 Å². The molecule has 0 fully saturated rings. The van der Waals surface area contributed by atoms with Crippen molar-refractivity contribution in [2.24, 2.45) is 0 Å². The molecule has 9 heteroatoms. The maximum atomic E-state index is 8.01. The minimum absolute atomic E-state index is 0. The summed E-state index contributed by atoms with van der Waals surface area (Å²) in [6.45, 7) is 0. The van der Waals surface area contributed by atoms with Crippen molar-refractivity contribution >= 4 is 50.5 Å². The molecule has 0 spiro atoms. The molecule has 0 aliphatic carbocycles. The molecule has 90 valence electrons. The first-order chi connectivity index (χ1) is 7.44. The Morgan fingerprint density at radius 3 is 0.706 bits per heavy atom. The van der Waals surface area contributed by atoms with Gasteiger partial charge in [0.05, 0.1) is 24.3 Å². The summed E-state index contributed by atoms with van der Waals surface area (Å²) in [4.78, 5) is -0.435. The second kappa shape index (κ2) is 13.1. The van der Waals surface area contributed by atoms with Crippen LogP contribution in [0, 0.1) is 45.3 Å². The van der Waals surface area contributed by atoms with Gasteiger partial charge in [-0.15, -0.1) is 19.6 Å². The zero-order chi connectivity index (χ0) is 13.1. The van der Waals surface area contributed by atoms with E-state index >= 15 is 0 Å². The largest absolute Gasteiger partial charge is 0.770 e. The summed E-state index contributed by atoms with van der Waals surface area (Å²) in [5, 5.41) is 32.0. The van der Waals surface area contributed by atoms with Crippen LogP contribution < -0.4 is 0 Å². The Kier molecular flexibility index (Phi) is 16.4. The average Bonchev–Trinajstić information content (AvgIpc) is 2.35. The standard InChI is InChI=1S/2C4H2N2S2.Pt/c2*5-1-3(7)4(8)2-6;/h2*7-8H;/p-4. The summed E-state index contributed by atoms with van der Waals surface area (Å²) in [5.41, 5.74) is 0. The zero-order valence-electron chi connectivity index (χ0n) is 7.74. The van der Waals surface area contributed by atoms with E-state index in [9.17, 15) is 0 Å². The van der Waals surface area contributed by atoms with E-state index in [0.29, 0.717) is 0 Å². The predicted octanol–water partition coefficient (Wildman–Crippen LogP) is 0.675. The van der Waals surface area contributed by atoms with Gasteiger partial charge in [-0.25, -0.2) is 0 Å². The normalized spacial score (nSPS) is 10.1. The van der Waals surface area contributed by atoms with Crippen LogP contribution in [0.3, 0.4) is 0 Å².